The van der Waals surface area contributed by atoms with Crippen molar-refractivity contribution in [1.29, 1.82) is 0 Å². The summed E-state index contributed by atoms with van der Waals surface area (Å²) in [5.41, 5.74) is 6.03. The van der Waals surface area contributed by atoms with Crippen LogP contribution in [0, 0.1) is 11.2 Å². The van der Waals surface area contributed by atoms with Gasteiger partial charge in [-0.25, -0.2) is 4.39 Å². The highest BCUT2D eigenvalue weighted by molar-refractivity contribution is 5.97. The number of nitrogens with zero attached hydrogens (tertiary/aromatic N) is 1. The Bertz CT molecular complexity index is 456. The molecule has 4 heteroatoms. The Hall–Kier alpha value is -1.42. The van der Waals surface area contributed by atoms with Crippen LogP contribution in [-0.4, -0.2) is 19.0 Å². The molecule has 0 atom stereocenters. The number of amides is 1. The molecule has 0 aliphatic heterocycles. The molecule has 21 heavy (non-hydrogen) atoms. The molecule has 1 rings (SSSR count). The maximum Gasteiger partial charge on any atom is 0.234 e. The average Bonchev–Trinajstić information content (AvgIpc) is 2.47. The molecule has 1 amide bonds. The molecule has 0 saturated carbocycles. The van der Waals surface area contributed by atoms with Crippen LogP contribution in [0.1, 0.15) is 46.5 Å². The minimum absolute atomic E-state index is 0.0156. The Kier molecular flexibility index (Phi) is 6.82. The highest BCUT2D eigenvalue weighted by Gasteiger charge is 2.38. The van der Waals surface area contributed by atoms with E-state index in [0.29, 0.717) is 18.8 Å². The van der Waals surface area contributed by atoms with Crippen molar-refractivity contribution in [3.63, 3.8) is 0 Å². The molecule has 0 aliphatic carbocycles. The largest absolute Gasteiger partial charge is 0.329 e. The minimum atomic E-state index is -0.536. The van der Waals surface area contributed by atoms with Crippen molar-refractivity contribution >= 4 is 11.6 Å². The van der Waals surface area contributed by atoms with E-state index >= 15 is 0 Å². The fourth-order valence-corrected chi connectivity index (χ4v) is 2.96. The molecule has 2 N–H and O–H groups in total. The van der Waals surface area contributed by atoms with Gasteiger partial charge in [-0.3, -0.25) is 4.79 Å². The van der Waals surface area contributed by atoms with Crippen LogP contribution in [-0.2, 0) is 4.79 Å². The molecular weight excluding hydrogens is 267 g/mol. The highest BCUT2D eigenvalue weighted by atomic mass is 19.1. The average molecular weight is 294 g/mol. The number of rotatable bonds is 8. The second-order valence-electron chi connectivity index (χ2n) is 5.51. The van der Waals surface area contributed by atoms with Crippen LogP contribution in [0.5, 0.6) is 0 Å². The summed E-state index contributed by atoms with van der Waals surface area (Å²) in [6.07, 6.45) is 3.34. The number of benzene rings is 1. The SMILES string of the molecule is CCCC(CN)(CCC)C(=O)N(CC)c1cccc(F)c1. The second-order valence-corrected chi connectivity index (χ2v) is 5.51. The standard InChI is InChI=1S/C17H27FN2O/c1-4-10-17(13-19,11-5-2)16(21)20(6-3)15-9-7-8-14(18)12-15/h7-9,12H,4-6,10-11,13,19H2,1-3H3. The fraction of sp³-hybridized carbons (Fsp3) is 0.588. The quantitative estimate of drug-likeness (QED) is 0.794. The summed E-state index contributed by atoms with van der Waals surface area (Å²) in [5, 5.41) is 0. The smallest absolute Gasteiger partial charge is 0.234 e. The van der Waals surface area contributed by atoms with Gasteiger partial charge >= 0.3 is 0 Å². The van der Waals surface area contributed by atoms with Crippen LogP contribution in [0.15, 0.2) is 24.3 Å². The van der Waals surface area contributed by atoms with E-state index < -0.39 is 5.41 Å². The van der Waals surface area contributed by atoms with E-state index in [0.717, 1.165) is 25.7 Å². The number of halogens is 1. The lowest BCUT2D eigenvalue weighted by Gasteiger charge is -2.36. The molecule has 0 saturated heterocycles. The molecule has 0 fully saturated rings. The van der Waals surface area contributed by atoms with Crippen LogP contribution in [0.2, 0.25) is 0 Å². The molecule has 0 heterocycles. The van der Waals surface area contributed by atoms with E-state index in [-0.39, 0.29) is 11.7 Å². The van der Waals surface area contributed by atoms with E-state index in [1.807, 2.05) is 6.92 Å². The van der Waals surface area contributed by atoms with Gasteiger partial charge in [0.15, 0.2) is 0 Å². The number of hydrogen-bond donors (Lipinski definition) is 1. The summed E-state index contributed by atoms with van der Waals surface area (Å²) in [5.74, 6) is -0.315. The van der Waals surface area contributed by atoms with Crippen LogP contribution < -0.4 is 10.6 Å². The minimum Gasteiger partial charge on any atom is -0.329 e. The van der Waals surface area contributed by atoms with E-state index in [1.165, 1.54) is 12.1 Å². The number of carbonyl (C=O) groups excluding carboxylic acids is 1. The Morgan fingerprint density at radius 3 is 2.29 bits per heavy atom. The first-order chi connectivity index (χ1) is 10.0. The molecule has 0 bridgehead atoms. The Balaban J connectivity index is 3.14. The van der Waals surface area contributed by atoms with Crippen molar-refractivity contribution in [1.82, 2.24) is 0 Å². The number of anilines is 1. The van der Waals surface area contributed by atoms with Crippen molar-refractivity contribution in [3.05, 3.63) is 30.1 Å². The summed E-state index contributed by atoms with van der Waals surface area (Å²) in [4.78, 5) is 14.7. The molecular formula is C17H27FN2O. The summed E-state index contributed by atoms with van der Waals surface area (Å²) in [7, 11) is 0. The lowest BCUT2D eigenvalue weighted by Crippen LogP contribution is -2.48. The van der Waals surface area contributed by atoms with Gasteiger partial charge in [0, 0.05) is 18.8 Å². The Labute approximate surface area is 127 Å². The molecule has 1 aromatic carbocycles. The topological polar surface area (TPSA) is 46.3 Å². The van der Waals surface area contributed by atoms with Gasteiger partial charge in [0.1, 0.15) is 5.82 Å². The predicted molar refractivity (Wildman–Crippen MR) is 85.7 cm³/mol. The third-order valence-electron chi connectivity index (χ3n) is 3.98. The molecule has 1 aromatic rings. The molecule has 0 aromatic heterocycles. The van der Waals surface area contributed by atoms with Crippen molar-refractivity contribution in [2.24, 2.45) is 11.1 Å². The first-order valence-electron chi connectivity index (χ1n) is 7.82. The van der Waals surface area contributed by atoms with Gasteiger partial charge in [-0.05, 0) is 38.0 Å². The number of carbonyl (C=O) groups is 1. The van der Waals surface area contributed by atoms with Crippen LogP contribution in [0.25, 0.3) is 0 Å². The third kappa shape index (κ3) is 4.03. The third-order valence-corrected chi connectivity index (χ3v) is 3.98. The van der Waals surface area contributed by atoms with Crippen molar-refractivity contribution < 1.29 is 9.18 Å². The molecule has 0 radical (unpaired) electrons. The predicted octanol–water partition coefficient (Wildman–Crippen LogP) is 3.72. The first kappa shape index (κ1) is 17.6. The van der Waals surface area contributed by atoms with Gasteiger partial charge in [0.25, 0.3) is 0 Å². The molecule has 0 aliphatic rings. The van der Waals surface area contributed by atoms with Gasteiger partial charge < -0.3 is 10.6 Å². The summed E-state index contributed by atoms with van der Waals surface area (Å²) >= 11 is 0. The number of hydrogen-bond acceptors (Lipinski definition) is 2. The van der Waals surface area contributed by atoms with Gasteiger partial charge in [0.05, 0.1) is 5.41 Å². The zero-order valence-corrected chi connectivity index (χ0v) is 13.4. The Morgan fingerprint density at radius 2 is 1.86 bits per heavy atom. The zero-order valence-electron chi connectivity index (χ0n) is 13.4. The lowest BCUT2D eigenvalue weighted by atomic mass is 9.77. The first-order valence-corrected chi connectivity index (χ1v) is 7.82. The van der Waals surface area contributed by atoms with E-state index in [9.17, 15) is 9.18 Å². The summed E-state index contributed by atoms with van der Waals surface area (Å²) in [6, 6.07) is 6.19. The van der Waals surface area contributed by atoms with E-state index in [1.54, 1.807) is 17.0 Å². The van der Waals surface area contributed by atoms with Crippen LogP contribution in [0.3, 0.4) is 0 Å². The maximum atomic E-state index is 13.4. The second kappa shape index (κ2) is 8.13. The normalized spacial score (nSPS) is 11.5. The van der Waals surface area contributed by atoms with Crippen molar-refractivity contribution in [3.8, 4) is 0 Å². The lowest BCUT2D eigenvalue weighted by molar-refractivity contribution is -0.128. The monoisotopic (exact) mass is 294 g/mol. The molecule has 0 spiro atoms. The van der Waals surface area contributed by atoms with Crippen LogP contribution in [0.4, 0.5) is 10.1 Å². The summed E-state index contributed by atoms with van der Waals surface area (Å²) in [6.45, 7) is 6.87. The molecule has 118 valence electrons. The van der Waals surface area contributed by atoms with E-state index in [2.05, 4.69) is 13.8 Å². The van der Waals surface area contributed by atoms with Gasteiger partial charge in [-0.1, -0.05) is 32.8 Å². The van der Waals surface area contributed by atoms with E-state index in [4.69, 9.17) is 5.73 Å². The zero-order chi connectivity index (χ0) is 15.9. The van der Waals surface area contributed by atoms with Gasteiger partial charge in [-0.2, -0.15) is 0 Å². The van der Waals surface area contributed by atoms with Crippen LogP contribution >= 0.6 is 0 Å². The fourth-order valence-electron chi connectivity index (χ4n) is 2.96. The molecule has 0 unspecified atom stereocenters. The van der Waals surface area contributed by atoms with Crippen molar-refractivity contribution in [2.75, 3.05) is 18.0 Å². The van der Waals surface area contributed by atoms with Gasteiger partial charge in [0.2, 0.25) is 5.91 Å². The van der Waals surface area contributed by atoms with Gasteiger partial charge in [-0.15, -0.1) is 0 Å². The maximum absolute atomic E-state index is 13.4. The molecule has 3 nitrogen and oxygen atoms in total. The van der Waals surface area contributed by atoms with Crippen molar-refractivity contribution in [2.45, 2.75) is 46.5 Å². The summed E-state index contributed by atoms with van der Waals surface area (Å²) < 4.78 is 13.4. The Morgan fingerprint density at radius 1 is 1.24 bits per heavy atom. The highest BCUT2D eigenvalue weighted by Crippen LogP contribution is 2.33. The number of nitrogens with two attached hydrogens (primary N) is 1.